The number of rotatable bonds is 4. The Morgan fingerprint density at radius 2 is 2.04 bits per heavy atom. The van der Waals surface area contributed by atoms with Gasteiger partial charge in [0.15, 0.2) is 0 Å². The Morgan fingerprint density at radius 1 is 1.27 bits per heavy atom. The Morgan fingerprint density at radius 3 is 2.73 bits per heavy atom. The molecular weight excluding hydrogens is 437 g/mol. The molecule has 0 saturated heterocycles. The van der Waals surface area contributed by atoms with Crippen molar-refractivity contribution in [2.24, 2.45) is 5.10 Å². The molecule has 0 aliphatic heterocycles. The van der Waals surface area contributed by atoms with Gasteiger partial charge in [0.1, 0.15) is 5.82 Å². The first kappa shape index (κ1) is 19.1. The molecule has 0 N–H and O–H groups in total. The molecule has 0 saturated carbocycles. The van der Waals surface area contributed by atoms with Crippen LogP contribution in [0.1, 0.15) is 37.6 Å². The van der Waals surface area contributed by atoms with Crippen LogP contribution in [0.2, 0.25) is 10.0 Å². The summed E-state index contributed by atoms with van der Waals surface area (Å²) in [7, 11) is 0. The lowest BCUT2D eigenvalue weighted by atomic mass is 10.1. The van der Waals surface area contributed by atoms with Gasteiger partial charge in [0, 0.05) is 21.0 Å². The summed E-state index contributed by atoms with van der Waals surface area (Å²) in [4.78, 5) is 17.7. The van der Waals surface area contributed by atoms with Crippen LogP contribution in [0, 0.1) is 0 Å². The Hall–Kier alpha value is -1.69. The first-order chi connectivity index (χ1) is 12.4. The molecule has 0 amide bonds. The first-order valence-corrected chi connectivity index (χ1v) is 9.67. The van der Waals surface area contributed by atoms with Crippen molar-refractivity contribution in [3.05, 3.63) is 72.7 Å². The van der Waals surface area contributed by atoms with Crippen LogP contribution in [-0.2, 0) is 0 Å². The zero-order chi connectivity index (χ0) is 18.8. The van der Waals surface area contributed by atoms with E-state index in [2.05, 4.69) is 26.0 Å². The van der Waals surface area contributed by atoms with Crippen LogP contribution in [-0.4, -0.2) is 15.9 Å². The Kier molecular flexibility index (Phi) is 5.80. The molecule has 4 nitrogen and oxygen atoms in total. The number of hydrogen-bond acceptors (Lipinski definition) is 3. The average Bonchev–Trinajstić information content (AvgIpc) is 2.62. The van der Waals surface area contributed by atoms with Crippen LogP contribution in [0.25, 0.3) is 10.9 Å². The number of aromatic nitrogens is 2. The van der Waals surface area contributed by atoms with E-state index in [-0.39, 0.29) is 11.5 Å². The first-order valence-electron chi connectivity index (χ1n) is 8.12. The van der Waals surface area contributed by atoms with E-state index in [1.165, 1.54) is 4.68 Å². The molecule has 7 heteroatoms. The highest BCUT2D eigenvalue weighted by molar-refractivity contribution is 9.10. The molecule has 0 radical (unpaired) electrons. The van der Waals surface area contributed by atoms with Crippen molar-refractivity contribution >= 4 is 56.2 Å². The number of halogens is 3. The molecule has 26 heavy (non-hydrogen) atoms. The van der Waals surface area contributed by atoms with Crippen molar-refractivity contribution in [3.8, 4) is 0 Å². The maximum Gasteiger partial charge on any atom is 0.282 e. The van der Waals surface area contributed by atoms with E-state index >= 15 is 0 Å². The van der Waals surface area contributed by atoms with Gasteiger partial charge in [-0.05, 0) is 36.8 Å². The van der Waals surface area contributed by atoms with Gasteiger partial charge in [-0.2, -0.15) is 9.78 Å². The third-order valence-electron chi connectivity index (χ3n) is 4.16. The van der Waals surface area contributed by atoms with E-state index in [9.17, 15) is 4.79 Å². The average molecular weight is 453 g/mol. The molecular formula is C19H16BrCl2N3O. The van der Waals surface area contributed by atoms with E-state index < -0.39 is 0 Å². The molecule has 0 aliphatic rings. The van der Waals surface area contributed by atoms with Crippen LogP contribution in [0.4, 0.5) is 0 Å². The lowest BCUT2D eigenvalue weighted by Gasteiger charge is -2.14. The second-order valence-electron chi connectivity index (χ2n) is 5.97. The summed E-state index contributed by atoms with van der Waals surface area (Å²) in [5, 5.41) is 5.91. The normalized spacial score (nSPS) is 12.8. The largest absolute Gasteiger partial charge is 0.282 e. The van der Waals surface area contributed by atoms with Gasteiger partial charge in [0.2, 0.25) is 0 Å². The number of nitrogens with zero attached hydrogens (tertiary/aromatic N) is 3. The Balaban J connectivity index is 2.20. The summed E-state index contributed by atoms with van der Waals surface area (Å²) >= 11 is 15.5. The molecule has 0 unspecified atom stereocenters. The second-order valence-corrected chi connectivity index (χ2v) is 7.73. The van der Waals surface area contributed by atoms with Crippen molar-refractivity contribution in [1.29, 1.82) is 0 Å². The second kappa shape index (κ2) is 7.91. The smallest absolute Gasteiger partial charge is 0.267 e. The van der Waals surface area contributed by atoms with Crippen LogP contribution in [0.5, 0.6) is 0 Å². The Bertz CT molecular complexity index is 1060. The van der Waals surface area contributed by atoms with Crippen LogP contribution >= 0.6 is 39.1 Å². The summed E-state index contributed by atoms with van der Waals surface area (Å²) in [6, 6.07) is 10.6. The van der Waals surface area contributed by atoms with Gasteiger partial charge in [0.05, 0.1) is 22.1 Å². The summed E-state index contributed by atoms with van der Waals surface area (Å²) in [5.74, 6) is 0.697. The van der Waals surface area contributed by atoms with E-state index in [0.717, 1.165) is 10.9 Å². The third kappa shape index (κ3) is 3.85. The van der Waals surface area contributed by atoms with E-state index in [4.69, 9.17) is 23.2 Å². The van der Waals surface area contributed by atoms with Gasteiger partial charge < -0.3 is 0 Å². The zero-order valence-corrected chi connectivity index (χ0v) is 17.3. The van der Waals surface area contributed by atoms with Gasteiger partial charge in [-0.3, -0.25) is 4.79 Å². The SMILES string of the molecule is CC[C@@H](C)c1nc2ccc(Br)cc2c(=O)n1N=Cc1ccc(Cl)cc1Cl. The van der Waals surface area contributed by atoms with Crippen molar-refractivity contribution in [3.63, 3.8) is 0 Å². The van der Waals surface area contributed by atoms with Gasteiger partial charge in [-0.1, -0.05) is 59.0 Å². The molecule has 0 spiro atoms. The molecule has 1 atom stereocenters. The summed E-state index contributed by atoms with van der Waals surface area (Å²) in [6.45, 7) is 4.07. The van der Waals surface area contributed by atoms with Crippen molar-refractivity contribution in [2.45, 2.75) is 26.2 Å². The zero-order valence-electron chi connectivity index (χ0n) is 14.2. The fourth-order valence-corrected chi connectivity index (χ4v) is 3.32. The number of benzene rings is 2. The van der Waals surface area contributed by atoms with Crippen molar-refractivity contribution in [2.75, 3.05) is 0 Å². The highest BCUT2D eigenvalue weighted by Crippen LogP contribution is 2.22. The molecule has 3 aromatic rings. The Labute approximate surface area is 169 Å². The van der Waals surface area contributed by atoms with Gasteiger partial charge >= 0.3 is 0 Å². The summed E-state index contributed by atoms with van der Waals surface area (Å²) in [6.07, 6.45) is 2.39. The third-order valence-corrected chi connectivity index (χ3v) is 5.22. The summed E-state index contributed by atoms with van der Waals surface area (Å²) in [5.41, 5.74) is 1.12. The molecule has 0 fully saturated rings. The minimum atomic E-state index is -0.215. The molecule has 0 bridgehead atoms. The van der Waals surface area contributed by atoms with Gasteiger partial charge in [-0.15, -0.1) is 0 Å². The molecule has 2 aromatic carbocycles. The molecule has 3 rings (SSSR count). The highest BCUT2D eigenvalue weighted by atomic mass is 79.9. The van der Waals surface area contributed by atoms with Gasteiger partial charge in [-0.25, -0.2) is 4.98 Å². The van der Waals surface area contributed by atoms with E-state index in [0.29, 0.717) is 32.3 Å². The number of hydrogen-bond donors (Lipinski definition) is 0. The minimum absolute atomic E-state index is 0.0774. The van der Waals surface area contributed by atoms with Crippen LogP contribution in [0.3, 0.4) is 0 Å². The molecule has 1 aromatic heterocycles. The maximum atomic E-state index is 13.0. The van der Waals surface area contributed by atoms with Crippen molar-refractivity contribution in [1.82, 2.24) is 9.66 Å². The fraction of sp³-hybridized carbons (Fsp3) is 0.211. The number of fused-ring (bicyclic) bond motifs is 1. The topological polar surface area (TPSA) is 47.2 Å². The maximum absolute atomic E-state index is 13.0. The van der Waals surface area contributed by atoms with Crippen LogP contribution < -0.4 is 5.56 Å². The summed E-state index contributed by atoms with van der Waals surface area (Å²) < 4.78 is 2.17. The predicted molar refractivity (Wildman–Crippen MR) is 112 cm³/mol. The fourth-order valence-electron chi connectivity index (χ4n) is 2.51. The quantitative estimate of drug-likeness (QED) is 0.465. The van der Waals surface area contributed by atoms with Crippen LogP contribution in [0.15, 0.2) is 50.8 Å². The predicted octanol–water partition coefficient (Wildman–Crippen LogP) is 5.86. The van der Waals surface area contributed by atoms with Gasteiger partial charge in [0.25, 0.3) is 5.56 Å². The van der Waals surface area contributed by atoms with E-state index in [1.54, 1.807) is 30.5 Å². The molecule has 1 heterocycles. The minimum Gasteiger partial charge on any atom is -0.267 e. The van der Waals surface area contributed by atoms with Crippen molar-refractivity contribution < 1.29 is 0 Å². The highest BCUT2D eigenvalue weighted by Gasteiger charge is 2.15. The lowest BCUT2D eigenvalue weighted by molar-refractivity contribution is 0.613. The molecule has 0 aliphatic carbocycles. The molecule has 134 valence electrons. The monoisotopic (exact) mass is 451 g/mol. The standard InChI is InChI=1S/C19H16BrCl2N3O/c1-3-11(2)18-24-17-7-5-13(20)8-15(17)19(26)25(18)23-10-12-4-6-14(21)9-16(12)22/h4-11H,3H2,1-2H3/t11-/m1/s1. The van der Waals surface area contributed by atoms with E-state index in [1.807, 2.05) is 26.0 Å². The lowest BCUT2D eigenvalue weighted by Crippen LogP contribution is -2.23.